The Balaban J connectivity index is 2.07. The van der Waals surface area contributed by atoms with Gasteiger partial charge in [-0.3, -0.25) is 0 Å². The molecule has 0 saturated heterocycles. The first kappa shape index (κ1) is 13.4. The van der Waals surface area contributed by atoms with Gasteiger partial charge >= 0.3 is 0 Å². The molecule has 0 unspecified atom stereocenters. The van der Waals surface area contributed by atoms with Crippen molar-refractivity contribution in [1.82, 2.24) is 0 Å². The van der Waals surface area contributed by atoms with Crippen molar-refractivity contribution in [2.24, 2.45) is 0 Å². The first-order valence-corrected chi connectivity index (χ1v) is 6.25. The molecule has 100 valence electrons. The van der Waals surface area contributed by atoms with Gasteiger partial charge in [-0.25, -0.2) is 0 Å². The maximum absolute atomic E-state index is 9.51. The molecule has 0 heterocycles. The molecule has 2 N–H and O–H groups in total. The molecule has 0 amide bonds. The van der Waals surface area contributed by atoms with Crippen molar-refractivity contribution < 1.29 is 14.9 Å². The Morgan fingerprint density at radius 3 is 2.58 bits per heavy atom. The van der Waals surface area contributed by atoms with Gasteiger partial charge < -0.3 is 14.9 Å². The molecule has 3 nitrogen and oxygen atoms in total. The number of aliphatic hydroxyl groups excluding tert-OH is 1. The molecular weight excluding hydrogens is 240 g/mol. The second-order valence-corrected chi connectivity index (χ2v) is 4.66. The van der Waals surface area contributed by atoms with Crippen molar-refractivity contribution in [3.05, 3.63) is 59.2 Å². The van der Waals surface area contributed by atoms with E-state index in [2.05, 4.69) is 0 Å². The fraction of sp³-hybridized carbons (Fsp3) is 0.250. The number of phenolic OH excluding ortho intramolecular Hbond substituents is 1. The number of aromatic hydroxyl groups is 1. The van der Waals surface area contributed by atoms with Gasteiger partial charge in [0.25, 0.3) is 0 Å². The number of aryl methyl sites for hydroxylation is 1. The first-order valence-electron chi connectivity index (χ1n) is 6.25. The monoisotopic (exact) mass is 258 g/mol. The van der Waals surface area contributed by atoms with E-state index in [-0.39, 0.29) is 5.75 Å². The fourth-order valence-electron chi connectivity index (χ4n) is 1.90. The zero-order chi connectivity index (χ0) is 13.8. The number of hydrogen-bond acceptors (Lipinski definition) is 3. The van der Waals surface area contributed by atoms with Crippen molar-refractivity contribution in [2.75, 3.05) is 0 Å². The molecular formula is C16H18O3. The Hall–Kier alpha value is -2.00. The van der Waals surface area contributed by atoms with Gasteiger partial charge in [-0.05, 0) is 54.8 Å². The molecule has 0 spiro atoms. The molecule has 1 atom stereocenters. The smallest absolute Gasteiger partial charge is 0.122 e. The topological polar surface area (TPSA) is 49.7 Å². The highest BCUT2D eigenvalue weighted by molar-refractivity contribution is 5.37. The van der Waals surface area contributed by atoms with Crippen LogP contribution in [0.4, 0.5) is 0 Å². The van der Waals surface area contributed by atoms with E-state index in [0.717, 1.165) is 22.4 Å². The number of ether oxygens (including phenoxy) is 1. The van der Waals surface area contributed by atoms with Crippen molar-refractivity contribution in [3.63, 3.8) is 0 Å². The maximum Gasteiger partial charge on any atom is 0.122 e. The molecule has 2 aromatic carbocycles. The fourth-order valence-corrected chi connectivity index (χ4v) is 1.90. The summed E-state index contributed by atoms with van der Waals surface area (Å²) in [6.45, 7) is 4.09. The van der Waals surface area contributed by atoms with Gasteiger partial charge in [0.1, 0.15) is 18.1 Å². The molecule has 0 bridgehead atoms. The standard InChI is InChI=1S/C16H18O3/c1-11-8-14(12(2)17)6-7-16(11)19-10-13-4-3-5-15(18)9-13/h3-9,12,17-18H,10H2,1-2H3/t12-/m1/s1. The normalized spacial score (nSPS) is 12.2. The minimum Gasteiger partial charge on any atom is -0.508 e. The van der Waals surface area contributed by atoms with Gasteiger partial charge in [0.15, 0.2) is 0 Å². The van der Waals surface area contributed by atoms with Crippen LogP contribution in [0.15, 0.2) is 42.5 Å². The van der Waals surface area contributed by atoms with Crippen LogP contribution in [0.3, 0.4) is 0 Å². The van der Waals surface area contributed by atoms with E-state index in [0.29, 0.717) is 6.61 Å². The molecule has 19 heavy (non-hydrogen) atoms. The summed E-state index contributed by atoms with van der Waals surface area (Å²) in [5, 5.41) is 18.9. The lowest BCUT2D eigenvalue weighted by Crippen LogP contribution is -1.98. The van der Waals surface area contributed by atoms with E-state index in [1.807, 2.05) is 31.2 Å². The predicted octanol–water partition coefficient (Wildman–Crippen LogP) is 3.33. The zero-order valence-electron chi connectivity index (χ0n) is 11.1. The second kappa shape index (κ2) is 5.76. The molecule has 2 aromatic rings. The van der Waals surface area contributed by atoms with Gasteiger partial charge in [-0.2, -0.15) is 0 Å². The van der Waals surface area contributed by atoms with Crippen LogP contribution in [0.2, 0.25) is 0 Å². The Labute approximate surface area is 113 Å². The van der Waals surface area contributed by atoms with Crippen LogP contribution in [0.25, 0.3) is 0 Å². The highest BCUT2D eigenvalue weighted by atomic mass is 16.5. The molecule has 0 radical (unpaired) electrons. The van der Waals surface area contributed by atoms with Gasteiger partial charge in [0, 0.05) is 0 Å². The van der Waals surface area contributed by atoms with Gasteiger partial charge in [-0.15, -0.1) is 0 Å². The average Bonchev–Trinajstić information content (AvgIpc) is 2.37. The van der Waals surface area contributed by atoms with Crippen LogP contribution < -0.4 is 4.74 Å². The third-order valence-electron chi connectivity index (χ3n) is 2.99. The summed E-state index contributed by atoms with van der Waals surface area (Å²) in [5.41, 5.74) is 2.78. The first-order chi connectivity index (χ1) is 9.06. The third-order valence-corrected chi connectivity index (χ3v) is 2.99. The highest BCUT2D eigenvalue weighted by Crippen LogP contribution is 2.23. The molecule has 3 heteroatoms. The SMILES string of the molecule is Cc1cc([C@@H](C)O)ccc1OCc1cccc(O)c1. The van der Waals surface area contributed by atoms with E-state index in [9.17, 15) is 10.2 Å². The summed E-state index contributed by atoms with van der Waals surface area (Å²) in [5.74, 6) is 1.02. The molecule has 0 aliphatic heterocycles. The molecule has 0 aliphatic rings. The molecule has 0 fully saturated rings. The summed E-state index contributed by atoms with van der Waals surface area (Å²) >= 11 is 0. The minimum atomic E-state index is -0.473. The van der Waals surface area contributed by atoms with Crippen LogP contribution in [-0.4, -0.2) is 10.2 Å². The summed E-state index contributed by atoms with van der Waals surface area (Å²) in [7, 11) is 0. The van der Waals surface area contributed by atoms with Crippen LogP contribution in [0.5, 0.6) is 11.5 Å². The largest absolute Gasteiger partial charge is 0.508 e. The lowest BCUT2D eigenvalue weighted by atomic mass is 10.1. The summed E-state index contributed by atoms with van der Waals surface area (Å²) in [4.78, 5) is 0. The number of hydrogen-bond donors (Lipinski definition) is 2. The van der Waals surface area contributed by atoms with E-state index >= 15 is 0 Å². The predicted molar refractivity (Wildman–Crippen MR) is 74.3 cm³/mol. The Morgan fingerprint density at radius 2 is 1.95 bits per heavy atom. The van der Waals surface area contributed by atoms with Gasteiger partial charge in [0.05, 0.1) is 6.10 Å². The number of phenols is 1. The Kier molecular flexibility index (Phi) is 4.07. The Bertz CT molecular complexity index is 562. The number of benzene rings is 2. The third kappa shape index (κ3) is 3.48. The summed E-state index contributed by atoms with van der Waals surface area (Å²) < 4.78 is 5.72. The van der Waals surface area contributed by atoms with Crippen LogP contribution in [0.1, 0.15) is 29.7 Å². The quantitative estimate of drug-likeness (QED) is 0.884. The summed E-state index contributed by atoms with van der Waals surface area (Å²) in [6, 6.07) is 12.6. The molecule has 0 aromatic heterocycles. The number of rotatable bonds is 4. The van der Waals surface area contributed by atoms with E-state index in [1.165, 1.54) is 0 Å². The van der Waals surface area contributed by atoms with E-state index in [4.69, 9.17) is 4.74 Å². The lowest BCUT2D eigenvalue weighted by Gasteiger charge is -2.12. The minimum absolute atomic E-state index is 0.238. The van der Waals surface area contributed by atoms with Gasteiger partial charge in [0.2, 0.25) is 0 Å². The lowest BCUT2D eigenvalue weighted by molar-refractivity contribution is 0.199. The van der Waals surface area contributed by atoms with Crippen molar-refractivity contribution >= 4 is 0 Å². The van der Waals surface area contributed by atoms with Crippen LogP contribution >= 0.6 is 0 Å². The van der Waals surface area contributed by atoms with Crippen molar-refractivity contribution in [2.45, 2.75) is 26.6 Å². The summed E-state index contributed by atoms with van der Waals surface area (Å²) in [6.07, 6.45) is -0.473. The second-order valence-electron chi connectivity index (χ2n) is 4.66. The molecule has 0 saturated carbocycles. The van der Waals surface area contributed by atoms with E-state index < -0.39 is 6.10 Å². The maximum atomic E-state index is 9.51. The van der Waals surface area contributed by atoms with E-state index in [1.54, 1.807) is 25.1 Å². The zero-order valence-corrected chi connectivity index (χ0v) is 11.1. The highest BCUT2D eigenvalue weighted by Gasteiger charge is 2.05. The molecule has 2 rings (SSSR count). The average molecular weight is 258 g/mol. The van der Waals surface area contributed by atoms with Gasteiger partial charge in [-0.1, -0.05) is 18.2 Å². The molecule has 0 aliphatic carbocycles. The van der Waals surface area contributed by atoms with Crippen molar-refractivity contribution in [3.8, 4) is 11.5 Å². The number of aliphatic hydroxyl groups is 1. The van der Waals surface area contributed by atoms with Crippen LogP contribution in [0, 0.1) is 6.92 Å². The van der Waals surface area contributed by atoms with Crippen molar-refractivity contribution in [1.29, 1.82) is 0 Å². The van der Waals surface area contributed by atoms with Crippen LogP contribution in [-0.2, 0) is 6.61 Å². The Morgan fingerprint density at radius 1 is 1.16 bits per heavy atom.